The standard InChI is InChI=1S/C14H10ClIN2O2/c15-10-7-8(5-6-11(10)16)14(20)18-12-4-2-1-3-9(12)13(17)19/h1-7H,(H2,17,19)(H,18,20). The van der Waals surface area contributed by atoms with Crippen LogP contribution in [0.15, 0.2) is 42.5 Å². The quantitative estimate of drug-likeness (QED) is 0.776. The van der Waals surface area contributed by atoms with Crippen LogP contribution in [-0.2, 0) is 0 Å². The molecule has 0 radical (unpaired) electrons. The van der Waals surface area contributed by atoms with Crippen molar-refractivity contribution in [1.29, 1.82) is 0 Å². The van der Waals surface area contributed by atoms with Crippen molar-refractivity contribution in [2.75, 3.05) is 5.32 Å². The number of carbonyl (C=O) groups excluding carboxylic acids is 2. The number of para-hydroxylation sites is 1. The molecule has 0 spiro atoms. The third-order valence-corrected chi connectivity index (χ3v) is 4.19. The number of halogens is 2. The molecule has 0 fully saturated rings. The van der Waals surface area contributed by atoms with Gasteiger partial charge in [0.25, 0.3) is 11.8 Å². The summed E-state index contributed by atoms with van der Waals surface area (Å²) in [5.74, 6) is -0.946. The minimum absolute atomic E-state index is 0.262. The van der Waals surface area contributed by atoms with Crippen molar-refractivity contribution in [3.63, 3.8) is 0 Å². The summed E-state index contributed by atoms with van der Waals surface area (Å²) in [4.78, 5) is 23.4. The van der Waals surface area contributed by atoms with E-state index in [1.54, 1.807) is 42.5 Å². The van der Waals surface area contributed by atoms with E-state index >= 15 is 0 Å². The normalized spacial score (nSPS) is 10.1. The third kappa shape index (κ3) is 3.29. The van der Waals surface area contributed by atoms with E-state index in [1.807, 2.05) is 0 Å². The molecular weight excluding hydrogens is 391 g/mol. The Hall–Kier alpha value is -1.60. The van der Waals surface area contributed by atoms with E-state index in [9.17, 15) is 9.59 Å². The largest absolute Gasteiger partial charge is 0.366 e. The maximum Gasteiger partial charge on any atom is 0.255 e. The van der Waals surface area contributed by atoms with Gasteiger partial charge in [-0.3, -0.25) is 9.59 Å². The molecule has 0 heterocycles. The van der Waals surface area contributed by atoms with Gasteiger partial charge in [0.1, 0.15) is 0 Å². The first-order chi connectivity index (χ1) is 9.49. The molecule has 0 saturated carbocycles. The molecule has 2 aromatic carbocycles. The molecule has 0 aromatic heterocycles. The second-order valence-corrected chi connectivity index (χ2v) is 5.56. The molecule has 0 bridgehead atoms. The molecule has 2 aromatic rings. The lowest BCUT2D eigenvalue weighted by atomic mass is 10.1. The van der Waals surface area contributed by atoms with Crippen LogP contribution in [0.1, 0.15) is 20.7 Å². The van der Waals surface area contributed by atoms with Gasteiger partial charge >= 0.3 is 0 Å². The average Bonchev–Trinajstić information content (AvgIpc) is 2.42. The minimum Gasteiger partial charge on any atom is -0.366 e. The predicted octanol–water partition coefficient (Wildman–Crippen LogP) is 3.30. The number of rotatable bonds is 3. The second kappa shape index (κ2) is 6.23. The molecule has 0 atom stereocenters. The molecule has 20 heavy (non-hydrogen) atoms. The van der Waals surface area contributed by atoms with Crippen molar-refractivity contribution >= 4 is 51.7 Å². The van der Waals surface area contributed by atoms with Crippen molar-refractivity contribution in [3.05, 3.63) is 62.2 Å². The van der Waals surface area contributed by atoms with Crippen LogP contribution in [0.2, 0.25) is 5.02 Å². The van der Waals surface area contributed by atoms with E-state index in [4.69, 9.17) is 17.3 Å². The summed E-state index contributed by atoms with van der Waals surface area (Å²) >= 11 is 8.06. The first-order valence-corrected chi connectivity index (χ1v) is 7.10. The molecule has 0 saturated heterocycles. The number of nitrogens with one attached hydrogen (secondary N) is 1. The van der Waals surface area contributed by atoms with Crippen LogP contribution in [0.5, 0.6) is 0 Å². The lowest BCUT2D eigenvalue weighted by Gasteiger charge is -2.09. The van der Waals surface area contributed by atoms with Gasteiger partial charge in [0, 0.05) is 9.13 Å². The Morgan fingerprint density at radius 3 is 2.50 bits per heavy atom. The van der Waals surface area contributed by atoms with Gasteiger partial charge in [0.2, 0.25) is 0 Å². The summed E-state index contributed by atoms with van der Waals surface area (Å²) in [5, 5.41) is 3.16. The van der Waals surface area contributed by atoms with Gasteiger partial charge in [-0.15, -0.1) is 0 Å². The molecular formula is C14H10ClIN2O2. The van der Waals surface area contributed by atoms with Gasteiger partial charge < -0.3 is 11.1 Å². The fourth-order valence-electron chi connectivity index (χ4n) is 1.64. The van der Waals surface area contributed by atoms with Crippen LogP contribution in [0.4, 0.5) is 5.69 Å². The summed E-state index contributed by atoms with van der Waals surface area (Å²) < 4.78 is 0.860. The van der Waals surface area contributed by atoms with E-state index in [1.165, 1.54) is 0 Å². The van der Waals surface area contributed by atoms with Gasteiger partial charge in [-0.1, -0.05) is 23.7 Å². The fourth-order valence-corrected chi connectivity index (χ4v) is 2.15. The Labute approximate surface area is 134 Å². The number of amides is 2. The van der Waals surface area contributed by atoms with E-state index in [0.717, 1.165) is 3.57 Å². The number of primary amides is 1. The Bertz CT molecular complexity index is 689. The van der Waals surface area contributed by atoms with E-state index in [2.05, 4.69) is 27.9 Å². The first-order valence-electron chi connectivity index (χ1n) is 5.64. The lowest BCUT2D eigenvalue weighted by Crippen LogP contribution is -2.18. The zero-order chi connectivity index (χ0) is 14.7. The smallest absolute Gasteiger partial charge is 0.255 e. The molecule has 102 valence electrons. The highest BCUT2D eigenvalue weighted by Gasteiger charge is 2.12. The van der Waals surface area contributed by atoms with Crippen LogP contribution >= 0.6 is 34.2 Å². The van der Waals surface area contributed by atoms with Crippen molar-refractivity contribution < 1.29 is 9.59 Å². The van der Waals surface area contributed by atoms with Crippen molar-refractivity contribution in [2.45, 2.75) is 0 Å². The van der Waals surface area contributed by atoms with Crippen molar-refractivity contribution in [1.82, 2.24) is 0 Å². The van der Waals surface area contributed by atoms with Gasteiger partial charge in [0.15, 0.2) is 0 Å². The molecule has 3 N–H and O–H groups in total. The maximum absolute atomic E-state index is 12.1. The molecule has 0 aliphatic rings. The fraction of sp³-hybridized carbons (Fsp3) is 0. The molecule has 2 amide bonds. The second-order valence-electron chi connectivity index (χ2n) is 3.99. The Morgan fingerprint density at radius 2 is 1.85 bits per heavy atom. The predicted molar refractivity (Wildman–Crippen MR) is 87.1 cm³/mol. The summed E-state index contributed by atoms with van der Waals surface area (Å²) in [7, 11) is 0. The van der Waals surface area contributed by atoms with Crippen LogP contribution in [0.3, 0.4) is 0 Å². The van der Waals surface area contributed by atoms with Crippen LogP contribution in [-0.4, -0.2) is 11.8 Å². The monoisotopic (exact) mass is 400 g/mol. The van der Waals surface area contributed by atoms with Crippen LogP contribution < -0.4 is 11.1 Å². The van der Waals surface area contributed by atoms with E-state index in [0.29, 0.717) is 16.3 Å². The van der Waals surface area contributed by atoms with Crippen LogP contribution in [0.25, 0.3) is 0 Å². The van der Waals surface area contributed by atoms with Gasteiger partial charge in [0.05, 0.1) is 16.3 Å². The number of hydrogen-bond donors (Lipinski definition) is 2. The molecule has 0 aliphatic heterocycles. The summed E-state index contributed by atoms with van der Waals surface area (Å²) in [6, 6.07) is 11.5. The maximum atomic E-state index is 12.1. The molecule has 6 heteroatoms. The molecule has 0 aliphatic carbocycles. The SMILES string of the molecule is NC(=O)c1ccccc1NC(=O)c1ccc(I)c(Cl)c1. The molecule has 2 rings (SSSR count). The topological polar surface area (TPSA) is 72.2 Å². The number of nitrogens with two attached hydrogens (primary N) is 1. The average molecular weight is 401 g/mol. The van der Waals surface area contributed by atoms with Gasteiger partial charge in [-0.2, -0.15) is 0 Å². The Kier molecular flexibility index (Phi) is 4.61. The highest BCUT2D eigenvalue weighted by atomic mass is 127. The van der Waals surface area contributed by atoms with Gasteiger partial charge in [-0.25, -0.2) is 0 Å². The Balaban J connectivity index is 2.28. The van der Waals surface area contributed by atoms with E-state index in [-0.39, 0.29) is 11.5 Å². The number of carbonyl (C=O) groups is 2. The minimum atomic E-state index is -0.596. The summed E-state index contributed by atoms with van der Waals surface area (Å²) in [5.41, 5.74) is 6.31. The molecule has 0 unspecified atom stereocenters. The summed E-state index contributed by atoms with van der Waals surface area (Å²) in [6.07, 6.45) is 0. The summed E-state index contributed by atoms with van der Waals surface area (Å²) in [6.45, 7) is 0. The number of anilines is 1. The van der Waals surface area contributed by atoms with Crippen LogP contribution in [0, 0.1) is 3.57 Å². The highest BCUT2D eigenvalue weighted by molar-refractivity contribution is 14.1. The molecule has 4 nitrogen and oxygen atoms in total. The number of benzene rings is 2. The third-order valence-electron chi connectivity index (χ3n) is 2.62. The van der Waals surface area contributed by atoms with E-state index < -0.39 is 5.91 Å². The zero-order valence-electron chi connectivity index (χ0n) is 10.2. The number of hydrogen-bond acceptors (Lipinski definition) is 2. The van der Waals surface area contributed by atoms with Gasteiger partial charge in [-0.05, 0) is 52.9 Å². The van der Waals surface area contributed by atoms with Crippen molar-refractivity contribution in [3.8, 4) is 0 Å². The first kappa shape index (κ1) is 14.8. The highest BCUT2D eigenvalue weighted by Crippen LogP contribution is 2.21. The zero-order valence-corrected chi connectivity index (χ0v) is 13.1. The lowest BCUT2D eigenvalue weighted by molar-refractivity contribution is 0.100. The van der Waals surface area contributed by atoms with Crippen molar-refractivity contribution in [2.24, 2.45) is 5.73 Å². The Morgan fingerprint density at radius 1 is 1.15 bits per heavy atom.